The zero-order valence-electron chi connectivity index (χ0n) is 29.5. The van der Waals surface area contributed by atoms with E-state index in [1.165, 1.54) is 42.7 Å². The molecule has 53 heavy (non-hydrogen) atoms. The maximum atomic E-state index is 15.1. The summed E-state index contributed by atoms with van der Waals surface area (Å²) < 4.78 is 122. The van der Waals surface area contributed by atoms with Crippen LogP contribution < -0.4 is 10.6 Å². The minimum absolute atomic E-state index is 0.0688. The maximum absolute atomic E-state index is 15.1. The lowest BCUT2D eigenvalue weighted by Gasteiger charge is -2.38. The third-order valence-electron chi connectivity index (χ3n) is 8.46. The zero-order chi connectivity index (χ0) is 40.4. The van der Waals surface area contributed by atoms with E-state index < -0.39 is 92.5 Å². The molecule has 2 aromatic carbocycles. The van der Waals surface area contributed by atoms with E-state index in [-0.39, 0.29) is 56.2 Å². The molecule has 0 unspecified atom stereocenters. The Morgan fingerprint density at radius 3 is 1.25 bits per heavy atom. The Labute approximate surface area is 302 Å². The molecule has 0 saturated carbocycles. The third kappa shape index (κ3) is 9.80. The van der Waals surface area contributed by atoms with Crippen LogP contribution >= 0.6 is 0 Å². The second kappa shape index (κ2) is 18.4. The highest BCUT2D eigenvalue weighted by atomic mass is 28.4. The van der Waals surface area contributed by atoms with E-state index in [1.807, 2.05) is 0 Å². The van der Waals surface area contributed by atoms with Crippen LogP contribution in [0.5, 0.6) is 0 Å². The van der Waals surface area contributed by atoms with Gasteiger partial charge in [-0.05, 0) is 48.2 Å². The Kier molecular flexibility index (Phi) is 15.7. The number of carbonyl (C=O) groups is 4. The van der Waals surface area contributed by atoms with E-state index in [2.05, 4.69) is 10.6 Å². The molecule has 0 radical (unpaired) electrons. The standard InChI is InChI=1S/C31H40F6N2O12Si2/c1-46-52(47-2,48-3)15-7-13-38-25(40)21-11-9-20(18-24(21)28(44)45)29(30(32,33)34,31(35,36)37)19-10-12-22(27(42)43)23(17-19)26(41)39-14-8-16-53(49-4,50-5)51-6/h9-12,17-18H,7-8,13-16H2,1-6H3,(H,38,40)(H,39,41)(H,42,43)(H,44,45). The minimum Gasteiger partial charge on any atom is -0.478 e. The zero-order valence-corrected chi connectivity index (χ0v) is 31.5. The van der Waals surface area contributed by atoms with Crippen LogP contribution in [-0.2, 0) is 32.0 Å². The number of nitrogens with one attached hydrogen (secondary N) is 2. The molecular formula is C31H40F6N2O12Si2. The molecule has 2 rings (SSSR count). The summed E-state index contributed by atoms with van der Waals surface area (Å²) >= 11 is 0. The first-order valence-corrected chi connectivity index (χ1v) is 19.3. The van der Waals surface area contributed by atoms with Gasteiger partial charge < -0.3 is 47.4 Å². The average Bonchev–Trinajstić information content (AvgIpc) is 3.11. The van der Waals surface area contributed by atoms with Crippen molar-refractivity contribution >= 4 is 41.4 Å². The van der Waals surface area contributed by atoms with Crippen molar-refractivity contribution in [3.63, 3.8) is 0 Å². The molecule has 2 amide bonds. The number of alkyl halides is 6. The number of halogens is 6. The normalized spacial score (nSPS) is 12.8. The molecule has 0 fully saturated rings. The first kappa shape index (κ1) is 45.3. The second-order valence-electron chi connectivity index (χ2n) is 11.2. The molecular weight excluding hydrogens is 763 g/mol. The first-order valence-electron chi connectivity index (χ1n) is 15.5. The van der Waals surface area contributed by atoms with Crippen molar-refractivity contribution in [3.05, 3.63) is 69.8 Å². The number of carboxylic acids is 2. The molecule has 0 heterocycles. The maximum Gasteiger partial charge on any atom is 0.500 e. The minimum atomic E-state index is -6.27. The number of hydrogen-bond donors (Lipinski definition) is 4. The lowest BCUT2D eigenvalue weighted by Crippen LogP contribution is -2.55. The largest absolute Gasteiger partial charge is 0.500 e. The molecule has 0 aliphatic heterocycles. The summed E-state index contributed by atoms with van der Waals surface area (Å²) in [6, 6.07) is 1.98. The van der Waals surface area contributed by atoms with Gasteiger partial charge in [-0.2, -0.15) is 26.3 Å². The fraction of sp³-hybridized carbons (Fsp3) is 0.484. The molecule has 0 saturated heterocycles. The molecule has 0 aliphatic carbocycles. The summed E-state index contributed by atoms with van der Waals surface area (Å²) in [7, 11) is 1.80. The Morgan fingerprint density at radius 1 is 0.566 bits per heavy atom. The van der Waals surface area contributed by atoms with Crippen molar-refractivity contribution in [1.82, 2.24) is 10.6 Å². The monoisotopic (exact) mass is 802 g/mol. The predicted octanol–water partition coefficient (Wildman–Crippen LogP) is 4.49. The van der Waals surface area contributed by atoms with Crippen LogP contribution in [-0.4, -0.2) is 120 Å². The van der Waals surface area contributed by atoms with Crippen molar-refractivity contribution in [2.24, 2.45) is 0 Å². The van der Waals surface area contributed by atoms with Gasteiger partial charge in [0.05, 0.1) is 22.3 Å². The summed E-state index contributed by atoms with van der Waals surface area (Å²) in [5, 5.41) is 24.1. The smallest absolute Gasteiger partial charge is 0.478 e. The summed E-state index contributed by atoms with van der Waals surface area (Å²) in [5.74, 6) is -6.30. The lowest BCUT2D eigenvalue weighted by atomic mass is 9.71. The Hall–Kier alpha value is -3.91. The summed E-state index contributed by atoms with van der Waals surface area (Å²) in [4.78, 5) is 50.2. The Balaban J connectivity index is 2.66. The molecule has 14 nitrogen and oxygen atoms in total. The summed E-state index contributed by atoms with van der Waals surface area (Å²) in [6.45, 7) is -0.371. The highest BCUT2D eigenvalue weighted by Crippen LogP contribution is 2.56. The van der Waals surface area contributed by atoms with E-state index in [0.717, 1.165) is 0 Å². The van der Waals surface area contributed by atoms with Crippen LogP contribution in [0.15, 0.2) is 36.4 Å². The number of amides is 2. The third-order valence-corrected chi connectivity index (χ3v) is 14.1. The Morgan fingerprint density at radius 2 is 0.906 bits per heavy atom. The topological polar surface area (TPSA) is 188 Å². The van der Waals surface area contributed by atoms with Crippen molar-refractivity contribution in [1.29, 1.82) is 0 Å². The van der Waals surface area contributed by atoms with Gasteiger partial charge in [-0.3, -0.25) is 9.59 Å². The molecule has 0 aliphatic rings. The predicted molar refractivity (Wildman–Crippen MR) is 177 cm³/mol. The molecule has 2 aromatic rings. The van der Waals surface area contributed by atoms with Gasteiger partial charge in [0.15, 0.2) is 0 Å². The van der Waals surface area contributed by atoms with Gasteiger partial charge in [0, 0.05) is 67.8 Å². The molecule has 0 aromatic heterocycles. The van der Waals surface area contributed by atoms with Crippen molar-refractivity contribution in [2.75, 3.05) is 55.7 Å². The summed E-state index contributed by atoms with van der Waals surface area (Å²) in [5.41, 5.74) is -12.2. The fourth-order valence-electron chi connectivity index (χ4n) is 5.60. The van der Waals surface area contributed by atoms with Gasteiger partial charge in [-0.1, -0.05) is 12.1 Å². The van der Waals surface area contributed by atoms with Crippen LogP contribution in [0.25, 0.3) is 0 Å². The second-order valence-corrected chi connectivity index (χ2v) is 17.4. The molecule has 4 N–H and O–H groups in total. The highest BCUT2D eigenvalue weighted by molar-refractivity contribution is 6.60. The molecule has 296 valence electrons. The average molecular weight is 803 g/mol. The van der Waals surface area contributed by atoms with Crippen LogP contribution in [0.1, 0.15) is 65.4 Å². The van der Waals surface area contributed by atoms with E-state index in [0.29, 0.717) is 18.2 Å². The molecule has 0 bridgehead atoms. The number of rotatable bonds is 20. The number of carbonyl (C=O) groups excluding carboxylic acids is 2. The molecule has 22 heteroatoms. The number of aromatic carboxylic acids is 2. The van der Waals surface area contributed by atoms with Gasteiger partial charge in [0.1, 0.15) is 0 Å². The van der Waals surface area contributed by atoms with Crippen molar-refractivity contribution in [3.8, 4) is 0 Å². The SMILES string of the molecule is CO[Si](CCCNC(=O)c1ccc(C(c2ccc(C(=O)O)c(C(=O)NCCC[Si](OC)(OC)OC)c2)(C(F)(F)F)C(F)(F)F)cc1C(=O)O)(OC)OC. The van der Waals surface area contributed by atoms with Crippen molar-refractivity contribution in [2.45, 2.75) is 42.7 Å². The van der Waals surface area contributed by atoms with Crippen LogP contribution in [0.4, 0.5) is 26.3 Å². The van der Waals surface area contributed by atoms with E-state index >= 15 is 26.3 Å². The van der Waals surface area contributed by atoms with Crippen LogP contribution in [0.3, 0.4) is 0 Å². The highest BCUT2D eigenvalue weighted by Gasteiger charge is 2.72. The van der Waals surface area contributed by atoms with E-state index in [1.54, 1.807) is 0 Å². The van der Waals surface area contributed by atoms with Gasteiger partial charge in [-0.25, -0.2) is 9.59 Å². The fourth-order valence-corrected chi connectivity index (χ4v) is 9.05. The molecule has 0 spiro atoms. The van der Waals surface area contributed by atoms with Gasteiger partial charge in [0.2, 0.25) is 5.41 Å². The number of hydrogen-bond acceptors (Lipinski definition) is 10. The van der Waals surface area contributed by atoms with Gasteiger partial charge >= 0.3 is 41.9 Å². The van der Waals surface area contributed by atoms with Gasteiger partial charge in [0.25, 0.3) is 11.8 Å². The van der Waals surface area contributed by atoms with E-state index in [9.17, 15) is 29.4 Å². The summed E-state index contributed by atoms with van der Waals surface area (Å²) in [6.07, 6.45) is -12.3. The number of carboxylic acid groups (broad SMARTS) is 2. The Bertz CT molecular complexity index is 1590. The van der Waals surface area contributed by atoms with Crippen LogP contribution in [0.2, 0.25) is 12.1 Å². The molecule has 0 atom stereocenters. The van der Waals surface area contributed by atoms with Crippen LogP contribution in [0, 0.1) is 0 Å². The number of benzene rings is 2. The van der Waals surface area contributed by atoms with Gasteiger partial charge in [-0.15, -0.1) is 0 Å². The van der Waals surface area contributed by atoms with E-state index in [4.69, 9.17) is 26.6 Å². The first-order chi connectivity index (χ1) is 24.7. The van der Waals surface area contributed by atoms with Crippen molar-refractivity contribution < 1.29 is 82.3 Å². The quantitative estimate of drug-likeness (QED) is 0.0836. The lowest BCUT2D eigenvalue weighted by molar-refractivity contribution is -0.288.